The second-order valence-electron chi connectivity index (χ2n) is 4.79. The molecule has 1 aromatic carbocycles. The van der Waals surface area contributed by atoms with Crippen molar-refractivity contribution in [3.8, 4) is 0 Å². The third-order valence-electron chi connectivity index (χ3n) is 2.66. The molecular formula is C13H17N3O2S. The maximum atomic E-state index is 11.2. The van der Waals surface area contributed by atoms with E-state index < -0.39 is 9.84 Å². The normalized spacial score (nSPS) is 13.4. The Balaban J connectivity index is 2.20. The van der Waals surface area contributed by atoms with Crippen molar-refractivity contribution in [1.82, 2.24) is 4.98 Å². The maximum absolute atomic E-state index is 11.2. The summed E-state index contributed by atoms with van der Waals surface area (Å²) in [5.41, 5.74) is 7.22. The first-order valence-electron chi connectivity index (χ1n) is 5.94. The summed E-state index contributed by atoms with van der Waals surface area (Å²) in [6, 6.07) is 9.03. The molecule has 2 aromatic rings. The average Bonchev–Trinajstić information content (AvgIpc) is 2.26. The molecule has 0 amide bonds. The number of benzene rings is 1. The van der Waals surface area contributed by atoms with Crippen LogP contribution in [-0.2, 0) is 9.84 Å². The van der Waals surface area contributed by atoms with E-state index >= 15 is 0 Å². The summed E-state index contributed by atoms with van der Waals surface area (Å²) in [5.74, 6) is 0.738. The van der Waals surface area contributed by atoms with Crippen LogP contribution in [0.3, 0.4) is 0 Å². The Bertz CT molecular complexity index is 698. The predicted octanol–water partition coefficient (Wildman–Crippen LogP) is 1.66. The van der Waals surface area contributed by atoms with Crippen LogP contribution in [-0.4, -0.2) is 31.5 Å². The largest absolute Gasteiger partial charge is 0.399 e. The van der Waals surface area contributed by atoms with Gasteiger partial charge in [0, 0.05) is 23.4 Å². The number of anilines is 2. The highest BCUT2D eigenvalue weighted by molar-refractivity contribution is 7.90. The first-order valence-corrected chi connectivity index (χ1v) is 8.00. The molecule has 102 valence electrons. The molecule has 3 N–H and O–H groups in total. The number of nitrogen functional groups attached to an aromatic ring is 1. The fourth-order valence-electron chi connectivity index (χ4n) is 1.97. The van der Waals surface area contributed by atoms with Crippen LogP contribution in [0.15, 0.2) is 30.3 Å². The van der Waals surface area contributed by atoms with Crippen molar-refractivity contribution in [3.63, 3.8) is 0 Å². The van der Waals surface area contributed by atoms with Gasteiger partial charge in [-0.05, 0) is 37.3 Å². The second kappa shape index (κ2) is 5.05. The summed E-state index contributed by atoms with van der Waals surface area (Å²) < 4.78 is 22.4. The van der Waals surface area contributed by atoms with Crippen molar-refractivity contribution in [2.24, 2.45) is 0 Å². The van der Waals surface area contributed by atoms with E-state index in [4.69, 9.17) is 5.73 Å². The van der Waals surface area contributed by atoms with Crippen LogP contribution in [0.25, 0.3) is 10.9 Å². The minimum atomic E-state index is -3.00. The van der Waals surface area contributed by atoms with E-state index in [1.807, 2.05) is 31.2 Å². The fourth-order valence-corrected chi connectivity index (χ4v) is 2.96. The van der Waals surface area contributed by atoms with E-state index in [0.29, 0.717) is 11.5 Å². The topological polar surface area (TPSA) is 85.1 Å². The molecule has 0 saturated heterocycles. The Morgan fingerprint density at radius 3 is 2.74 bits per heavy atom. The van der Waals surface area contributed by atoms with Crippen molar-refractivity contribution >= 4 is 32.2 Å². The Morgan fingerprint density at radius 1 is 1.32 bits per heavy atom. The van der Waals surface area contributed by atoms with E-state index in [2.05, 4.69) is 10.3 Å². The quantitative estimate of drug-likeness (QED) is 0.831. The van der Waals surface area contributed by atoms with Gasteiger partial charge < -0.3 is 11.1 Å². The van der Waals surface area contributed by atoms with Gasteiger partial charge in [-0.25, -0.2) is 13.4 Å². The zero-order chi connectivity index (χ0) is 14.0. The number of hydrogen-bond donors (Lipinski definition) is 2. The standard InChI is InChI=1S/C13H17N3O2S/c1-9(8-19(2,17)18)15-13-6-3-10-7-11(14)4-5-12(10)16-13/h3-7,9H,8,14H2,1-2H3,(H,15,16). The molecule has 5 nitrogen and oxygen atoms in total. The molecule has 6 heteroatoms. The Hall–Kier alpha value is -1.82. The lowest BCUT2D eigenvalue weighted by Crippen LogP contribution is -2.25. The minimum absolute atomic E-state index is 0.0778. The molecule has 0 aliphatic carbocycles. The Labute approximate surface area is 112 Å². The van der Waals surface area contributed by atoms with Crippen LogP contribution in [0.2, 0.25) is 0 Å². The second-order valence-corrected chi connectivity index (χ2v) is 6.97. The lowest BCUT2D eigenvalue weighted by molar-refractivity contribution is 0.598. The molecule has 1 unspecified atom stereocenters. The van der Waals surface area contributed by atoms with Crippen LogP contribution in [0.1, 0.15) is 6.92 Å². The van der Waals surface area contributed by atoms with E-state index in [9.17, 15) is 8.42 Å². The maximum Gasteiger partial charge on any atom is 0.149 e. The highest BCUT2D eigenvalue weighted by atomic mass is 32.2. The van der Waals surface area contributed by atoms with Crippen LogP contribution in [0, 0.1) is 0 Å². The highest BCUT2D eigenvalue weighted by Gasteiger charge is 2.10. The van der Waals surface area contributed by atoms with E-state index in [-0.39, 0.29) is 11.8 Å². The van der Waals surface area contributed by atoms with Gasteiger partial charge in [-0.1, -0.05) is 0 Å². The number of nitrogens with one attached hydrogen (secondary N) is 1. The molecule has 1 aromatic heterocycles. The number of hydrogen-bond acceptors (Lipinski definition) is 5. The van der Waals surface area contributed by atoms with Gasteiger partial charge in [0.15, 0.2) is 0 Å². The molecular weight excluding hydrogens is 262 g/mol. The fraction of sp³-hybridized carbons (Fsp3) is 0.308. The molecule has 19 heavy (non-hydrogen) atoms. The van der Waals surface area contributed by atoms with Crippen LogP contribution in [0.5, 0.6) is 0 Å². The first kappa shape index (κ1) is 13.6. The number of nitrogens with zero attached hydrogens (tertiary/aromatic N) is 1. The molecule has 1 atom stereocenters. The van der Waals surface area contributed by atoms with Gasteiger partial charge >= 0.3 is 0 Å². The Kier molecular flexibility index (Phi) is 3.61. The molecule has 0 aliphatic rings. The zero-order valence-corrected chi connectivity index (χ0v) is 11.7. The number of fused-ring (bicyclic) bond motifs is 1. The van der Waals surface area contributed by atoms with Crippen molar-refractivity contribution in [2.45, 2.75) is 13.0 Å². The third kappa shape index (κ3) is 3.82. The van der Waals surface area contributed by atoms with Gasteiger partial charge in [0.05, 0.1) is 11.3 Å². The average molecular weight is 279 g/mol. The van der Waals surface area contributed by atoms with Crippen LogP contribution < -0.4 is 11.1 Å². The van der Waals surface area contributed by atoms with Gasteiger partial charge in [-0.15, -0.1) is 0 Å². The van der Waals surface area contributed by atoms with Crippen molar-refractivity contribution < 1.29 is 8.42 Å². The van der Waals surface area contributed by atoms with Crippen molar-refractivity contribution in [2.75, 3.05) is 23.1 Å². The van der Waals surface area contributed by atoms with Gasteiger partial charge in [0.1, 0.15) is 15.7 Å². The predicted molar refractivity (Wildman–Crippen MR) is 79.0 cm³/mol. The molecule has 0 fully saturated rings. The lowest BCUT2D eigenvalue weighted by atomic mass is 10.2. The molecule has 0 bridgehead atoms. The number of nitrogens with two attached hydrogens (primary N) is 1. The summed E-state index contributed by atoms with van der Waals surface area (Å²) in [7, 11) is -3.00. The van der Waals surface area contributed by atoms with Crippen LogP contribution in [0.4, 0.5) is 11.5 Å². The number of pyridine rings is 1. The van der Waals surface area contributed by atoms with Crippen LogP contribution >= 0.6 is 0 Å². The summed E-state index contributed by atoms with van der Waals surface area (Å²) in [6.45, 7) is 1.82. The summed E-state index contributed by atoms with van der Waals surface area (Å²) >= 11 is 0. The molecule has 2 rings (SSSR count). The van der Waals surface area contributed by atoms with Gasteiger partial charge in [-0.2, -0.15) is 0 Å². The number of aromatic nitrogens is 1. The summed E-state index contributed by atoms with van der Waals surface area (Å²) in [6.07, 6.45) is 1.22. The molecule has 1 heterocycles. The van der Waals surface area contributed by atoms with Gasteiger partial charge in [0.2, 0.25) is 0 Å². The molecule has 0 radical (unpaired) electrons. The summed E-state index contributed by atoms with van der Waals surface area (Å²) in [5, 5.41) is 4.04. The molecule has 0 aliphatic heterocycles. The number of rotatable bonds is 4. The third-order valence-corrected chi connectivity index (χ3v) is 3.77. The van der Waals surface area contributed by atoms with E-state index in [1.54, 1.807) is 6.07 Å². The molecule has 0 saturated carbocycles. The number of sulfone groups is 1. The van der Waals surface area contributed by atoms with E-state index in [0.717, 1.165) is 10.9 Å². The first-order chi connectivity index (χ1) is 8.83. The minimum Gasteiger partial charge on any atom is -0.399 e. The SMILES string of the molecule is CC(CS(C)(=O)=O)Nc1ccc2cc(N)ccc2n1. The van der Waals surface area contributed by atoms with Crippen molar-refractivity contribution in [3.05, 3.63) is 30.3 Å². The van der Waals surface area contributed by atoms with Gasteiger partial charge in [0.25, 0.3) is 0 Å². The Morgan fingerprint density at radius 2 is 2.05 bits per heavy atom. The highest BCUT2D eigenvalue weighted by Crippen LogP contribution is 2.18. The summed E-state index contributed by atoms with van der Waals surface area (Å²) in [4.78, 5) is 4.42. The smallest absolute Gasteiger partial charge is 0.149 e. The van der Waals surface area contributed by atoms with Crippen molar-refractivity contribution in [1.29, 1.82) is 0 Å². The van der Waals surface area contributed by atoms with E-state index in [1.165, 1.54) is 6.26 Å². The zero-order valence-electron chi connectivity index (χ0n) is 10.9. The molecule has 0 spiro atoms. The van der Waals surface area contributed by atoms with Gasteiger partial charge in [-0.3, -0.25) is 0 Å². The lowest BCUT2D eigenvalue weighted by Gasteiger charge is -2.13. The monoisotopic (exact) mass is 279 g/mol.